The van der Waals surface area contributed by atoms with Crippen LogP contribution in [-0.2, 0) is 9.47 Å². The van der Waals surface area contributed by atoms with Crippen LogP contribution in [0.15, 0.2) is 36.9 Å². The lowest BCUT2D eigenvalue weighted by molar-refractivity contribution is -0.164. The molecule has 0 amide bonds. The highest BCUT2D eigenvalue weighted by Crippen LogP contribution is 2.29. The fourth-order valence-electron chi connectivity index (χ4n) is 2.96. The van der Waals surface area contributed by atoms with Gasteiger partial charge >= 0.3 is 0 Å². The zero-order chi connectivity index (χ0) is 16.5. The van der Waals surface area contributed by atoms with Crippen molar-refractivity contribution in [2.75, 3.05) is 20.3 Å². The van der Waals surface area contributed by atoms with Crippen molar-refractivity contribution in [3.63, 3.8) is 0 Å². The standard InChI is InChI=1S/C19H28O4/c1-3-7-18(20)17(15-8-6-9-16(14-15)21-2)11-13-23-19-10-4-5-12-22-19/h3,6,8-9,14,17-20H,1,4-5,7,10-13H2,2H3/t17-,18-,19?/m0/s1. The van der Waals surface area contributed by atoms with E-state index in [9.17, 15) is 5.11 Å². The first-order chi connectivity index (χ1) is 11.2. The Hall–Kier alpha value is -1.36. The van der Waals surface area contributed by atoms with Crippen LogP contribution in [0.5, 0.6) is 5.75 Å². The van der Waals surface area contributed by atoms with Gasteiger partial charge in [0.15, 0.2) is 6.29 Å². The quantitative estimate of drug-likeness (QED) is 0.706. The number of rotatable bonds is 9. The maximum Gasteiger partial charge on any atom is 0.157 e. The van der Waals surface area contributed by atoms with E-state index in [1.54, 1.807) is 13.2 Å². The predicted molar refractivity (Wildman–Crippen MR) is 90.7 cm³/mol. The van der Waals surface area contributed by atoms with E-state index in [0.29, 0.717) is 13.0 Å². The number of benzene rings is 1. The Balaban J connectivity index is 1.96. The predicted octanol–water partition coefficient (Wildman–Crippen LogP) is 3.65. The van der Waals surface area contributed by atoms with Gasteiger partial charge in [-0.25, -0.2) is 0 Å². The molecule has 1 N–H and O–H groups in total. The number of hydrogen-bond acceptors (Lipinski definition) is 4. The fourth-order valence-corrected chi connectivity index (χ4v) is 2.96. The van der Waals surface area contributed by atoms with Crippen molar-refractivity contribution in [2.24, 2.45) is 0 Å². The van der Waals surface area contributed by atoms with Crippen molar-refractivity contribution >= 4 is 0 Å². The molecule has 1 aromatic carbocycles. The number of methoxy groups -OCH3 is 1. The molecule has 4 heteroatoms. The Kier molecular flexibility index (Phi) is 7.59. The van der Waals surface area contributed by atoms with E-state index >= 15 is 0 Å². The molecule has 1 aliphatic rings. The average Bonchev–Trinajstić information content (AvgIpc) is 2.60. The molecule has 1 aliphatic heterocycles. The lowest BCUT2D eigenvalue weighted by Crippen LogP contribution is -2.25. The van der Waals surface area contributed by atoms with Gasteiger partial charge in [0.1, 0.15) is 5.75 Å². The fraction of sp³-hybridized carbons (Fsp3) is 0.579. The molecule has 0 bridgehead atoms. The Bertz CT molecular complexity index is 468. The lowest BCUT2D eigenvalue weighted by atomic mass is 9.89. The normalized spacial score (nSPS) is 20.7. The summed E-state index contributed by atoms with van der Waals surface area (Å²) >= 11 is 0. The first-order valence-electron chi connectivity index (χ1n) is 8.40. The van der Waals surface area contributed by atoms with Crippen molar-refractivity contribution in [2.45, 2.75) is 50.4 Å². The van der Waals surface area contributed by atoms with Gasteiger partial charge in [-0.1, -0.05) is 18.2 Å². The first kappa shape index (κ1) is 18.0. The van der Waals surface area contributed by atoms with E-state index in [-0.39, 0.29) is 12.2 Å². The number of ether oxygens (including phenoxy) is 3. The minimum absolute atomic E-state index is 0.00769. The zero-order valence-corrected chi connectivity index (χ0v) is 13.9. The van der Waals surface area contributed by atoms with E-state index in [4.69, 9.17) is 14.2 Å². The van der Waals surface area contributed by atoms with Crippen LogP contribution in [0.3, 0.4) is 0 Å². The average molecular weight is 320 g/mol. The van der Waals surface area contributed by atoms with Gasteiger partial charge < -0.3 is 19.3 Å². The van der Waals surface area contributed by atoms with Crippen molar-refractivity contribution < 1.29 is 19.3 Å². The molecule has 1 unspecified atom stereocenters. The molecular formula is C19H28O4. The second-order valence-electron chi connectivity index (χ2n) is 5.93. The van der Waals surface area contributed by atoms with Gasteiger partial charge in [0, 0.05) is 12.5 Å². The number of aliphatic hydroxyl groups excluding tert-OH is 1. The third kappa shape index (κ3) is 5.65. The van der Waals surface area contributed by atoms with Crippen molar-refractivity contribution in [3.05, 3.63) is 42.5 Å². The summed E-state index contributed by atoms with van der Waals surface area (Å²) in [5.41, 5.74) is 1.06. The van der Waals surface area contributed by atoms with Crippen LogP contribution in [0.1, 0.15) is 43.6 Å². The van der Waals surface area contributed by atoms with Gasteiger partial charge in [-0.05, 0) is 49.8 Å². The Labute approximate surface area is 139 Å². The Morgan fingerprint density at radius 1 is 1.43 bits per heavy atom. The highest BCUT2D eigenvalue weighted by Gasteiger charge is 2.22. The molecular weight excluding hydrogens is 292 g/mol. The SMILES string of the molecule is C=CC[C@H](O)[C@@H](CCOC1CCCCO1)c1cccc(OC)c1. The molecule has 3 atom stereocenters. The summed E-state index contributed by atoms with van der Waals surface area (Å²) in [6, 6.07) is 7.87. The van der Waals surface area contributed by atoms with E-state index in [2.05, 4.69) is 6.58 Å². The zero-order valence-electron chi connectivity index (χ0n) is 13.9. The van der Waals surface area contributed by atoms with Gasteiger partial charge in [0.05, 0.1) is 19.8 Å². The van der Waals surface area contributed by atoms with E-state index in [1.165, 1.54) is 0 Å². The molecule has 4 nitrogen and oxygen atoms in total. The molecule has 1 heterocycles. The van der Waals surface area contributed by atoms with Crippen LogP contribution in [0.4, 0.5) is 0 Å². The molecule has 1 fully saturated rings. The van der Waals surface area contributed by atoms with E-state index in [1.807, 2.05) is 24.3 Å². The summed E-state index contributed by atoms with van der Waals surface area (Å²) in [6.45, 7) is 5.08. The molecule has 1 saturated heterocycles. The largest absolute Gasteiger partial charge is 0.497 e. The van der Waals surface area contributed by atoms with Crippen LogP contribution in [-0.4, -0.2) is 37.8 Å². The first-order valence-corrected chi connectivity index (χ1v) is 8.40. The van der Waals surface area contributed by atoms with Gasteiger partial charge in [-0.3, -0.25) is 0 Å². The molecule has 0 saturated carbocycles. The summed E-state index contributed by atoms with van der Waals surface area (Å²) < 4.78 is 16.7. The minimum atomic E-state index is -0.476. The number of hydrogen-bond donors (Lipinski definition) is 1. The molecule has 1 aromatic rings. The topological polar surface area (TPSA) is 47.9 Å². The number of aliphatic hydroxyl groups is 1. The van der Waals surface area contributed by atoms with Gasteiger partial charge in [-0.15, -0.1) is 6.58 Å². The van der Waals surface area contributed by atoms with Crippen LogP contribution < -0.4 is 4.74 Å². The van der Waals surface area contributed by atoms with Crippen LogP contribution in [0, 0.1) is 0 Å². The van der Waals surface area contributed by atoms with Crippen molar-refractivity contribution in [1.82, 2.24) is 0 Å². The lowest BCUT2D eigenvalue weighted by Gasteiger charge is -2.26. The van der Waals surface area contributed by atoms with E-state index in [0.717, 1.165) is 43.6 Å². The molecule has 0 radical (unpaired) electrons. The molecule has 0 spiro atoms. The second kappa shape index (κ2) is 9.71. The molecule has 128 valence electrons. The minimum Gasteiger partial charge on any atom is -0.497 e. The highest BCUT2D eigenvalue weighted by atomic mass is 16.7. The third-order valence-electron chi connectivity index (χ3n) is 4.27. The van der Waals surface area contributed by atoms with Crippen molar-refractivity contribution in [3.8, 4) is 5.75 Å². The monoisotopic (exact) mass is 320 g/mol. The van der Waals surface area contributed by atoms with Gasteiger partial charge in [0.25, 0.3) is 0 Å². The second-order valence-corrected chi connectivity index (χ2v) is 5.93. The van der Waals surface area contributed by atoms with E-state index < -0.39 is 6.10 Å². The van der Waals surface area contributed by atoms with Gasteiger partial charge in [0.2, 0.25) is 0 Å². The highest BCUT2D eigenvalue weighted by molar-refractivity contribution is 5.31. The summed E-state index contributed by atoms with van der Waals surface area (Å²) in [7, 11) is 1.65. The Morgan fingerprint density at radius 3 is 3.00 bits per heavy atom. The summed E-state index contributed by atoms with van der Waals surface area (Å²) in [5, 5.41) is 10.5. The van der Waals surface area contributed by atoms with Crippen LogP contribution in [0.25, 0.3) is 0 Å². The Morgan fingerprint density at radius 2 is 2.30 bits per heavy atom. The molecule has 0 aliphatic carbocycles. The van der Waals surface area contributed by atoms with Crippen LogP contribution in [0.2, 0.25) is 0 Å². The van der Waals surface area contributed by atoms with Crippen LogP contribution >= 0.6 is 0 Å². The summed E-state index contributed by atoms with van der Waals surface area (Å²) in [6.07, 6.45) is 5.71. The molecule has 2 rings (SSSR count). The smallest absolute Gasteiger partial charge is 0.157 e. The van der Waals surface area contributed by atoms with Gasteiger partial charge in [-0.2, -0.15) is 0 Å². The summed E-state index contributed by atoms with van der Waals surface area (Å²) in [5.74, 6) is 0.793. The third-order valence-corrected chi connectivity index (χ3v) is 4.27. The molecule has 23 heavy (non-hydrogen) atoms. The van der Waals surface area contributed by atoms with Crippen molar-refractivity contribution in [1.29, 1.82) is 0 Å². The maximum absolute atomic E-state index is 10.5. The maximum atomic E-state index is 10.5. The molecule has 0 aromatic heterocycles. The summed E-state index contributed by atoms with van der Waals surface area (Å²) in [4.78, 5) is 0.